The number of hydrogen-bond donors (Lipinski definition) is 1. The van der Waals surface area contributed by atoms with E-state index in [2.05, 4.69) is 10.3 Å². The van der Waals surface area contributed by atoms with Crippen LogP contribution in [0, 0.1) is 13.8 Å². The van der Waals surface area contributed by atoms with E-state index in [4.69, 9.17) is 4.74 Å². The van der Waals surface area contributed by atoms with Gasteiger partial charge in [-0.25, -0.2) is 4.98 Å². The van der Waals surface area contributed by atoms with Crippen molar-refractivity contribution in [3.63, 3.8) is 0 Å². The number of ether oxygens (including phenoxy) is 1. The van der Waals surface area contributed by atoms with E-state index < -0.39 is 0 Å². The Morgan fingerprint density at radius 2 is 2.10 bits per heavy atom. The van der Waals surface area contributed by atoms with E-state index in [1.54, 1.807) is 13.3 Å². The molecule has 104 valence electrons. The van der Waals surface area contributed by atoms with Crippen LogP contribution in [0.25, 0.3) is 0 Å². The largest absolute Gasteiger partial charge is 0.481 e. The van der Waals surface area contributed by atoms with E-state index in [1.807, 2.05) is 44.2 Å². The van der Waals surface area contributed by atoms with Crippen molar-refractivity contribution in [2.75, 3.05) is 7.11 Å². The molecule has 4 nitrogen and oxygen atoms in total. The molecular weight excluding hydrogens is 252 g/mol. The zero-order valence-corrected chi connectivity index (χ0v) is 11.9. The molecule has 0 saturated carbocycles. The third-order valence-corrected chi connectivity index (χ3v) is 3.31. The van der Waals surface area contributed by atoms with Crippen LogP contribution >= 0.6 is 0 Å². The van der Waals surface area contributed by atoms with E-state index in [1.165, 1.54) is 0 Å². The molecule has 2 aromatic rings. The molecule has 0 atom stereocenters. The predicted octanol–water partition coefficient (Wildman–Crippen LogP) is 2.64. The highest BCUT2D eigenvalue weighted by atomic mass is 16.5. The molecule has 1 aromatic carbocycles. The smallest absolute Gasteiger partial charge is 0.251 e. The van der Waals surface area contributed by atoms with Crippen molar-refractivity contribution in [2.45, 2.75) is 20.4 Å². The highest BCUT2D eigenvalue weighted by Gasteiger charge is 2.09. The van der Waals surface area contributed by atoms with Crippen LogP contribution in [0.5, 0.6) is 5.88 Å². The van der Waals surface area contributed by atoms with Gasteiger partial charge in [-0.15, -0.1) is 0 Å². The Morgan fingerprint density at radius 1 is 1.30 bits per heavy atom. The first-order valence-corrected chi connectivity index (χ1v) is 6.45. The summed E-state index contributed by atoms with van der Waals surface area (Å²) in [6, 6.07) is 9.40. The lowest BCUT2D eigenvalue weighted by atomic mass is 10.0. The van der Waals surface area contributed by atoms with Crippen molar-refractivity contribution >= 4 is 5.91 Å². The van der Waals surface area contributed by atoms with Gasteiger partial charge in [-0.1, -0.05) is 12.1 Å². The van der Waals surface area contributed by atoms with Crippen molar-refractivity contribution in [3.8, 4) is 5.88 Å². The highest BCUT2D eigenvalue weighted by Crippen LogP contribution is 2.13. The van der Waals surface area contributed by atoms with Gasteiger partial charge in [0.05, 0.1) is 7.11 Å². The van der Waals surface area contributed by atoms with Crippen LogP contribution in [-0.2, 0) is 6.54 Å². The van der Waals surface area contributed by atoms with Gasteiger partial charge in [-0.3, -0.25) is 4.79 Å². The Bertz CT molecular complexity index is 624. The number of benzene rings is 1. The van der Waals surface area contributed by atoms with Gasteiger partial charge in [0.2, 0.25) is 5.88 Å². The number of carbonyl (C=O) groups is 1. The van der Waals surface area contributed by atoms with Crippen molar-refractivity contribution in [2.24, 2.45) is 0 Å². The van der Waals surface area contributed by atoms with E-state index in [-0.39, 0.29) is 5.91 Å². The molecule has 0 saturated heterocycles. The fourth-order valence-corrected chi connectivity index (χ4v) is 1.95. The summed E-state index contributed by atoms with van der Waals surface area (Å²) in [5, 5.41) is 2.91. The minimum Gasteiger partial charge on any atom is -0.481 e. The Kier molecular flexibility index (Phi) is 4.35. The van der Waals surface area contributed by atoms with Crippen molar-refractivity contribution in [3.05, 3.63) is 58.8 Å². The summed E-state index contributed by atoms with van der Waals surface area (Å²) in [5.41, 5.74) is 3.79. The van der Waals surface area contributed by atoms with Crippen molar-refractivity contribution in [1.29, 1.82) is 0 Å². The number of aryl methyl sites for hydroxylation is 1. The molecule has 0 fully saturated rings. The van der Waals surface area contributed by atoms with Crippen molar-refractivity contribution < 1.29 is 9.53 Å². The monoisotopic (exact) mass is 270 g/mol. The number of amides is 1. The van der Waals surface area contributed by atoms with Gasteiger partial charge in [-0.05, 0) is 42.7 Å². The molecule has 0 aliphatic heterocycles. The average molecular weight is 270 g/mol. The Labute approximate surface area is 118 Å². The summed E-state index contributed by atoms with van der Waals surface area (Å²) in [7, 11) is 1.57. The molecule has 2 rings (SSSR count). The third-order valence-electron chi connectivity index (χ3n) is 3.31. The normalized spacial score (nSPS) is 10.2. The molecule has 0 bridgehead atoms. The van der Waals surface area contributed by atoms with E-state index >= 15 is 0 Å². The van der Waals surface area contributed by atoms with Gasteiger partial charge in [0.25, 0.3) is 5.91 Å². The van der Waals surface area contributed by atoms with Gasteiger partial charge in [0, 0.05) is 24.4 Å². The standard InChI is InChI=1S/C16H18N2O2/c1-11-5-4-6-14(12(11)2)16(19)18-10-13-7-8-17-15(9-13)20-3/h4-9H,10H2,1-3H3,(H,18,19). The lowest BCUT2D eigenvalue weighted by Gasteiger charge is -2.10. The summed E-state index contributed by atoms with van der Waals surface area (Å²) in [6.07, 6.45) is 1.66. The van der Waals surface area contributed by atoms with Crippen molar-refractivity contribution in [1.82, 2.24) is 10.3 Å². The fraction of sp³-hybridized carbons (Fsp3) is 0.250. The summed E-state index contributed by atoms with van der Waals surface area (Å²) < 4.78 is 5.06. The topological polar surface area (TPSA) is 51.2 Å². The molecule has 0 aliphatic carbocycles. The average Bonchev–Trinajstić information content (AvgIpc) is 2.48. The van der Waals surface area contributed by atoms with Gasteiger partial charge in [-0.2, -0.15) is 0 Å². The SMILES string of the molecule is COc1cc(CNC(=O)c2cccc(C)c2C)ccn1. The number of nitrogens with one attached hydrogen (secondary N) is 1. The second-order valence-electron chi connectivity index (χ2n) is 4.64. The maximum absolute atomic E-state index is 12.2. The molecule has 1 aromatic heterocycles. The van der Waals surface area contributed by atoms with Crippen LogP contribution in [0.2, 0.25) is 0 Å². The molecule has 1 amide bonds. The van der Waals surface area contributed by atoms with Gasteiger partial charge < -0.3 is 10.1 Å². The van der Waals surface area contributed by atoms with Crippen LogP contribution < -0.4 is 10.1 Å². The number of rotatable bonds is 4. The number of aromatic nitrogens is 1. The third kappa shape index (κ3) is 3.15. The number of methoxy groups -OCH3 is 1. The summed E-state index contributed by atoms with van der Waals surface area (Å²) >= 11 is 0. The number of carbonyl (C=O) groups excluding carboxylic acids is 1. The molecule has 1 N–H and O–H groups in total. The van der Waals surface area contributed by atoms with Crippen LogP contribution in [-0.4, -0.2) is 18.0 Å². The maximum Gasteiger partial charge on any atom is 0.251 e. The summed E-state index contributed by atoms with van der Waals surface area (Å²) in [6.45, 7) is 4.41. The van der Waals surface area contributed by atoms with Gasteiger partial charge in [0.15, 0.2) is 0 Å². The van der Waals surface area contributed by atoms with E-state index in [0.29, 0.717) is 18.0 Å². The van der Waals surface area contributed by atoms with Gasteiger partial charge >= 0.3 is 0 Å². The first-order valence-electron chi connectivity index (χ1n) is 6.45. The Balaban J connectivity index is 2.06. The second-order valence-corrected chi connectivity index (χ2v) is 4.64. The van der Waals surface area contributed by atoms with Crippen LogP contribution in [0.4, 0.5) is 0 Å². The Morgan fingerprint density at radius 3 is 2.85 bits per heavy atom. The van der Waals surface area contributed by atoms with Crippen LogP contribution in [0.1, 0.15) is 27.0 Å². The van der Waals surface area contributed by atoms with Crippen LogP contribution in [0.15, 0.2) is 36.5 Å². The zero-order chi connectivity index (χ0) is 14.5. The minimum atomic E-state index is -0.0676. The van der Waals surface area contributed by atoms with E-state index in [0.717, 1.165) is 16.7 Å². The maximum atomic E-state index is 12.2. The molecule has 1 heterocycles. The minimum absolute atomic E-state index is 0.0676. The first kappa shape index (κ1) is 14.1. The summed E-state index contributed by atoms with van der Waals surface area (Å²) in [5.74, 6) is 0.477. The molecule has 0 unspecified atom stereocenters. The van der Waals surface area contributed by atoms with E-state index in [9.17, 15) is 4.79 Å². The summed E-state index contributed by atoms with van der Waals surface area (Å²) in [4.78, 5) is 16.2. The predicted molar refractivity (Wildman–Crippen MR) is 77.9 cm³/mol. The van der Waals surface area contributed by atoms with Crippen LogP contribution in [0.3, 0.4) is 0 Å². The first-order chi connectivity index (χ1) is 9.61. The quantitative estimate of drug-likeness (QED) is 0.929. The lowest BCUT2D eigenvalue weighted by molar-refractivity contribution is 0.0950. The molecule has 0 spiro atoms. The highest BCUT2D eigenvalue weighted by molar-refractivity contribution is 5.95. The number of hydrogen-bond acceptors (Lipinski definition) is 3. The number of nitrogens with zero attached hydrogens (tertiary/aromatic N) is 1. The molecule has 0 radical (unpaired) electrons. The molecule has 0 aliphatic rings. The fourth-order valence-electron chi connectivity index (χ4n) is 1.95. The lowest BCUT2D eigenvalue weighted by Crippen LogP contribution is -2.23. The molecule has 20 heavy (non-hydrogen) atoms. The number of pyridine rings is 1. The van der Waals surface area contributed by atoms with Gasteiger partial charge in [0.1, 0.15) is 0 Å². The molecular formula is C16H18N2O2. The molecule has 4 heteroatoms. The Hall–Kier alpha value is -2.36. The second kappa shape index (κ2) is 6.19. The zero-order valence-electron chi connectivity index (χ0n) is 11.9.